The maximum atomic E-state index is 13.3. The van der Waals surface area contributed by atoms with Crippen molar-refractivity contribution in [2.45, 2.75) is 44.7 Å². The molecule has 0 bridgehead atoms. The molecule has 1 amide bonds. The second-order valence-corrected chi connectivity index (χ2v) is 6.96. The van der Waals surface area contributed by atoms with Crippen LogP contribution in [0.25, 0.3) is 11.4 Å². The monoisotopic (exact) mass is 341 g/mol. The maximum absolute atomic E-state index is 13.3. The lowest BCUT2D eigenvalue weighted by Gasteiger charge is -2.33. The largest absolute Gasteiger partial charge is 0.339 e. The summed E-state index contributed by atoms with van der Waals surface area (Å²) in [4.78, 5) is 26.2. The molecule has 2 unspecified atom stereocenters. The van der Waals surface area contributed by atoms with E-state index in [0.717, 1.165) is 32.4 Å². The van der Waals surface area contributed by atoms with Crippen molar-refractivity contribution < 1.29 is 9.32 Å². The highest BCUT2D eigenvalue weighted by molar-refractivity contribution is 6.00. The third-order valence-corrected chi connectivity index (χ3v) is 5.40. The fourth-order valence-electron chi connectivity index (χ4n) is 4.19. The van der Waals surface area contributed by atoms with Crippen LogP contribution in [0.15, 0.2) is 23.0 Å². The van der Waals surface area contributed by atoms with Gasteiger partial charge in [-0.05, 0) is 45.3 Å². The number of likely N-dealkylation sites (tertiary alicyclic amines) is 2. The molecule has 7 heteroatoms. The van der Waals surface area contributed by atoms with E-state index in [1.165, 1.54) is 6.42 Å². The Balaban J connectivity index is 1.65. The van der Waals surface area contributed by atoms with E-state index in [4.69, 9.17) is 4.52 Å². The molecule has 2 aliphatic heterocycles. The first-order chi connectivity index (χ1) is 12.1. The van der Waals surface area contributed by atoms with Crippen LogP contribution in [-0.4, -0.2) is 63.1 Å². The Morgan fingerprint density at radius 2 is 2.04 bits per heavy atom. The molecule has 25 heavy (non-hydrogen) atoms. The topological polar surface area (TPSA) is 75.4 Å². The Morgan fingerprint density at radius 3 is 2.76 bits per heavy atom. The van der Waals surface area contributed by atoms with Gasteiger partial charge in [-0.1, -0.05) is 5.16 Å². The number of likely N-dealkylation sites (N-methyl/N-ethyl adjacent to an activating group) is 1. The van der Waals surface area contributed by atoms with Gasteiger partial charge in [-0.2, -0.15) is 4.98 Å². The molecule has 0 aliphatic carbocycles. The summed E-state index contributed by atoms with van der Waals surface area (Å²) in [5, 5.41) is 3.97. The van der Waals surface area contributed by atoms with Crippen LogP contribution < -0.4 is 0 Å². The van der Waals surface area contributed by atoms with Crippen LogP contribution in [0.1, 0.15) is 41.9 Å². The number of hydrogen-bond acceptors (Lipinski definition) is 6. The van der Waals surface area contributed by atoms with Crippen molar-refractivity contribution in [1.29, 1.82) is 0 Å². The van der Waals surface area contributed by atoms with E-state index >= 15 is 0 Å². The van der Waals surface area contributed by atoms with E-state index in [0.29, 0.717) is 28.9 Å². The molecule has 0 aromatic carbocycles. The minimum Gasteiger partial charge on any atom is -0.339 e. The van der Waals surface area contributed by atoms with Crippen molar-refractivity contribution in [1.82, 2.24) is 24.9 Å². The summed E-state index contributed by atoms with van der Waals surface area (Å²) in [6.45, 7) is 3.66. The molecule has 4 heterocycles. The summed E-state index contributed by atoms with van der Waals surface area (Å²) < 4.78 is 5.08. The van der Waals surface area contributed by atoms with Crippen LogP contribution in [0.5, 0.6) is 0 Å². The molecule has 0 N–H and O–H groups in total. The second kappa shape index (κ2) is 6.55. The lowest BCUT2D eigenvalue weighted by Crippen LogP contribution is -2.47. The highest BCUT2D eigenvalue weighted by atomic mass is 16.5. The average molecular weight is 341 g/mol. The van der Waals surface area contributed by atoms with E-state index in [2.05, 4.69) is 27.1 Å². The first kappa shape index (κ1) is 16.2. The van der Waals surface area contributed by atoms with Gasteiger partial charge < -0.3 is 14.3 Å². The molecular weight excluding hydrogens is 318 g/mol. The quantitative estimate of drug-likeness (QED) is 0.851. The molecule has 2 saturated heterocycles. The summed E-state index contributed by atoms with van der Waals surface area (Å²) in [5.41, 5.74) is 1.23. The maximum Gasteiger partial charge on any atom is 0.256 e. The highest BCUT2D eigenvalue weighted by Gasteiger charge is 2.39. The zero-order valence-corrected chi connectivity index (χ0v) is 14.7. The number of aromatic nitrogens is 3. The van der Waals surface area contributed by atoms with Crippen LogP contribution in [-0.2, 0) is 0 Å². The molecule has 0 saturated carbocycles. The molecule has 0 radical (unpaired) electrons. The summed E-state index contributed by atoms with van der Waals surface area (Å²) >= 11 is 0. The Morgan fingerprint density at radius 1 is 1.24 bits per heavy atom. The predicted octanol–water partition coefficient (Wildman–Crippen LogP) is 2.14. The molecule has 132 valence electrons. The Hall–Kier alpha value is -2.28. The minimum atomic E-state index is 0.0216. The molecule has 2 aromatic rings. The number of carbonyl (C=O) groups is 1. The summed E-state index contributed by atoms with van der Waals surface area (Å²) in [5.74, 6) is 0.946. The number of aryl methyl sites for hydroxylation is 1. The summed E-state index contributed by atoms with van der Waals surface area (Å²) in [6.07, 6.45) is 7.77. The van der Waals surface area contributed by atoms with Crippen molar-refractivity contribution >= 4 is 5.91 Å². The van der Waals surface area contributed by atoms with Gasteiger partial charge in [-0.25, -0.2) is 0 Å². The molecule has 2 atom stereocenters. The average Bonchev–Trinajstić information content (AvgIpc) is 3.34. The SMILES string of the molecule is Cc1nc(-c2ccncc2C(=O)N2CCCC2C2CCCN2C)no1. The van der Waals surface area contributed by atoms with Crippen LogP contribution in [0.3, 0.4) is 0 Å². The van der Waals surface area contributed by atoms with Gasteiger partial charge in [-0.15, -0.1) is 0 Å². The van der Waals surface area contributed by atoms with Gasteiger partial charge in [0.25, 0.3) is 5.91 Å². The first-order valence-corrected chi connectivity index (χ1v) is 8.91. The van der Waals surface area contributed by atoms with Crippen LogP contribution in [0, 0.1) is 6.92 Å². The van der Waals surface area contributed by atoms with Crippen molar-refractivity contribution in [3.8, 4) is 11.4 Å². The molecule has 7 nitrogen and oxygen atoms in total. The third-order valence-electron chi connectivity index (χ3n) is 5.40. The number of nitrogens with zero attached hydrogens (tertiary/aromatic N) is 5. The molecule has 2 aromatic heterocycles. The summed E-state index contributed by atoms with van der Waals surface area (Å²) in [7, 11) is 2.16. The third kappa shape index (κ3) is 2.93. The van der Waals surface area contributed by atoms with Gasteiger partial charge in [0.1, 0.15) is 0 Å². The van der Waals surface area contributed by atoms with Gasteiger partial charge in [-0.3, -0.25) is 9.78 Å². The van der Waals surface area contributed by atoms with Crippen molar-refractivity contribution in [2.24, 2.45) is 0 Å². The van der Waals surface area contributed by atoms with Crippen molar-refractivity contribution in [2.75, 3.05) is 20.1 Å². The van der Waals surface area contributed by atoms with E-state index in [-0.39, 0.29) is 11.9 Å². The smallest absolute Gasteiger partial charge is 0.256 e. The van der Waals surface area contributed by atoms with Crippen molar-refractivity contribution in [3.63, 3.8) is 0 Å². The Bertz CT molecular complexity index is 774. The number of carbonyl (C=O) groups excluding carboxylic acids is 1. The van der Waals surface area contributed by atoms with E-state index in [9.17, 15) is 4.79 Å². The minimum absolute atomic E-state index is 0.0216. The van der Waals surface area contributed by atoms with Gasteiger partial charge in [0.2, 0.25) is 11.7 Å². The molecular formula is C18H23N5O2. The number of rotatable bonds is 3. The normalized spacial score (nSPS) is 24.2. The van der Waals surface area contributed by atoms with Crippen LogP contribution in [0.2, 0.25) is 0 Å². The van der Waals surface area contributed by atoms with Gasteiger partial charge in [0.15, 0.2) is 0 Å². The van der Waals surface area contributed by atoms with Crippen LogP contribution >= 0.6 is 0 Å². The number of amides is 1. The lowest BCUT2D eigenvalue weighted by molar-refractivity contribution is 0.0664. The fraction of sp³-hybridized carbons (Fsp3) is 0.556. The van der Waals surface area contributed by atoms with E-state index < -0.39 is 0 Å². The van der Waals surface area contributed by atoms with E-state index in [1.54, 1.807) is 25.4 Å². The molecule has 0 spiro atoms. The number of hydrogen-bond donors (Lipinski definition) is 0. The second-order valence-electron chi connectivity index (χ2n) is 6.96. The molecule has 4 rings (SSSR count). The zero-order chi connectivity index (χ0) is 17.4. The van der Waals surface area contributed by atoms with Gasteiger partial charge in [0.05, 0.1) is 5.56 Å². The first-order valence-electron chi connectivity index (χ1n) is 8.91. The highest BCUT2D eigenvalue weighted by Crippen LogP contribution is 2.31. The Kier molecular flexibility index (Phi) is 4.25. The molecule has 2 aliphatic rings. The van der Waals surface area contributed by atoms with Gasteiger partial charge in [0, 0.05) is 43.5 Å². The number of pyridine rings is 1. The van der Waals surface area contributed by atoms with Crippen LogP contribution in [0.4, 0.5) is 0 Å². The van der Waals surface area contributed by atoms with Gasteiger partial charge >= 0.3 is 0 Å². The molecule has 2 fully saturated rings. The Labute approximate surface area is 147 Å². The predicted molar refractivity (Wildman–Crippen MR) is 92.0 cm³/mol. The van der Waals surface area contributed by atoms with E-state index in [1.807, 2.05) is 4.90 Å². The zero-order valence-electron chi connectivity index (χ0n) is 14.7. The fourth-order valence-corrected chi connectivity index (χ4v) is 4.19. The van der Waals surface area contributed by atoms with Crippen molar-refractivity contribution in [3.05, 3.63) is 29.9 Å². The standard InChI is InChI=1S/C18H23N5O2/c1-12-20-17(21-25-12)13-7-8-19-11-14(13)18(24)23-10-4-6-16(23)15-5-3-9-22(15)2/h7-8,11,15-16H,3-6,9-10H2,1-2H3. The summed E-state index contributed by atoms with van der Waals surface area (Å²) in [6, 6.07) is 2.52. The lowest BCUT2D eigenvalue weighted by atomic mass is 10.0.